The van der Waals surface area contributed by atoms with E-state index in [1.54, 1.807) is 7.05 Å². The number of ether oxygens (including phenoxy) is 1. The first-order valence-corrected chi connectivity index (χ1v) is 6.56. The van der Waals surface area contributed by atoms with Crippen LogP contribution in [0.5, 0.6) is 5.75 Å². The molecule has 4 nitrogen and oxygen atoms in total. The second kappa shape index (κ2) is 7.33. The van der Waals surface area contributed by atoms with E-state index in [9.17, 15) is 9.18 Å². The van der Waals surface area contributed by atoms with Gasteiger partial charge in [-0.15, -0.1) is 0 Å². The second-order valence-corrected chi connectivity index (χ2v) is 4.49. The average Bonchev–Trinajstić information content (AvgIpc) is 2.33. The second-order valence-electron chi connectivity index (χ2n) is 3.69. The zero-order valence-electron chi connectivity index (χ0n) is 10.0. The molecular weight excluding hydrogens is 305 g/mol. The third-order valence-corrected chi connectivity index (χ3v) is 2.65. The summed E-state index contributed by atoms with van der Waals surface area (Å²) in [6, 6.07) is 3.47. The van der Waals surface area contributed by atoms with Gasteiger partial charge in [-0.2, -0.15) is 0 Å². The van der Waals surface area contributed by atoms with E-state index in [1.165, 1.54) is 17.0 Å². The molecule has 0 bridgehead atoms. The van der Waals surface area contributed by atoms with Gasteiger partial charge in [0.1, 0.15) is 11.6 Å². The number of nitrogens with zero attached hydrogens (tertiary/aromatic N) is 1. The summed E-state index contributed by atoms with van der Waals surface area (Å²) in [5.41, 5.74) is -0.0595. The molecule has 0 atom stereocenters. The molecule has 0 heterocycles. The molecule has 0 spiro atoms. The van der Waals surface area contributed by atoms with Gasteiger partial charge in [0.2, 0.25) is 0 Å². The molecule has 0 aromatic heterocycles. The molecule has 1 amide bonds. The minimum absolute atomic E-state index is 0.0595. The van der Waals surface area contributed by atoms with Crippen molar-refractivity contribution in [2.24, 2.45) is 0 Å². The summed E-state index contributed by atoms with van der Waals surface area (Å²) < 4.78 is 18.7. The Morgan fingerprint density at radius 3 is 2.83 bits per heavy atom. The van der Waals surface area contributed by atoms with Crippen LogP contribution in [0, 0.1) is 5.82 Å². The topological polar surface area (TPSA) is 49.8 Å². The minimum atomic E-state index is -0.728. The number of amides is 1. The minimum Gasteiger partial charge on any atom is -0.508 e. The Balaban J connectivity index is 2.57. The van der Waals surface area contributed by atoms with E-state index in [1.807, 2.05) is 0 Å². The number of phenolic OH excluding ortho intramolecular Hbond substituents is 1. The Morgan fingerprint density at radius 2 is 2.22 bits per heavy atom. The number of hydrogen-bond donors (Lipinski definition) is 1. The van der Waals surface area contributed by atoms with E-state index in [0.29, 0.717) is 19.8 Å². The van der Waals surface area contributed by atoms with Gasteiger partial charge < -0.3 is 14.7 Å². The van der Waals surface area contributed by atoms with E-state index in [0.717, 1.165) is 11.4 Å². The molecule has 0 saturated carbocycles. The molecule has 0 saturated heterocycles. The first-order chi connectivity index (χ1) is 8.56. The number of aromatic hydroxyl groups is 1. The highest BCUT2D eigenvalue weighted by Crippen LogP contribution is 2.16. The summed E-state index contributed by atoms with van der Waals surface area (Å²) >= 11 is 3.22. The molecule has 1 aromatic carbocycles. The Morgan fingerprint density at radius 1 is 1.50 bits per heavy atom. The summed E-state index contributed by atoms with van der Waals surface area (Å²) in [6.07, 6.45) is 0. The van der Waals surface area contributed by atoms with E-state index in [4.69, 9.17) is 9.84 Å². The number of likely N-dealkylation sites (N-methyl/N-ethyl adjacent to an activating group) is 1. The molecule has 0 aliphatic rings. The molecule has 6 heteroatoms. The van der Waals surface area contributed by atoms with Crippen molar-refractivity contribution in [3.63, 3.8) is 0 Å². The van der Waals surface area contributed by atoms with Crippen molar-refractivity contribution in [3.05, 3.63) is 29.6 Å². The lowest BCUT2D eigenvalue weighted by atomic mass is 10.2. The van der Waals surface area contributed by atoms with E-state index in [-0.39, 0.29) is 11.3 Å². The van der Waals surface area contributed by atoms with Crippen molar-refractivity contribution >= 4 is 21.8 Å². The highest BCUT2D eigenvalue weighted by atomic mass is 79.9. The van der Waals surface area contributed by atoms with Gasteiger partial charge in [-0.1, -0.05) is 15.9 Å². The molecule has 0 aliphatic carbocycles. The molecule has 1 rings (SSSR count). The van der Waals surface area contributed by atoms with Gasteiger partial charge in [-0.05, 0) is 12.1 Å². The molecule has 1 N–H and O–H groups in total. The summed E-state index contributed by atoms with van der Waals surface area (Å²) in [4.78, 5) is 13.3. The maximum atomic E-state index is 13.5. The van der Waals surface area contributed by atoms with Gasteiger partial charge >= 0.3 is 0 Å². The predicted molar refractivity (Wildman–Crippen MR) is 69.6 cm³/mol. The number of carbonyl (C=O) groups excluding carboxylic acids is 1. The quantitative estimate of drug-likeness (QED) is 0.644. The van der Waals surface area contributed by atoms with Crippen LogP contribution in [-0.2, 0) is 4.74 Å². The number of benzene rings is 1. The molecule has 0 aliphatic heterocycles. The van der Waals surface area contributed by atoms with Crippen LogP contribution in [0.15, 0.2) is 18.2 Å². The predicted octanol–water partition coefficient (Wildman–Crippen LogP) is 2.01. The molecule has 18 heavy (non-hydrogen) atoms. The number of phenols is 1. The van der Waals surface area contributed by atoms with E-state index < -0.39 is 11.7 Å². The van der Waals surface area contributed by atoms with Crippen molar-refractivity contribution in [2.75, 3.05) is 32.1 Å². The molecule has 0 fully saturated rings. The summed E-state index contributed by atoms with van der Waals surface area (Å²) in [5, 5.41) is 9.80. The van der Waals surface area contributed by atoms with Gasteiger partial charge in [0.05, 0.1) is 18.8 Å². The van der Waals surface area contributed by atoms with Crippen LogP contribution in [0.4, 0.5) is 4.39 Å². The van der Waals surface area contributed by atoms with Crippen LogP contribution < -0.4 is 0 Å². The largest absolute Gasteiger partial charge is 0.508 e. The van der Waals surface area contributed by atoms with Gasteiger partial charge in [-0.3, -0.25) is 4.79 Å². The van der Waals surface area contributed by atoms with Crippen LogP contribution >= 0.6 is 15.9 Å². The summed E-state index contributed by atoms with van der Waals surface area (Å²) in [6.45, 7) is 1.34. The first-order valence-electron chi connectivity index (χ1n) is 5.44. The Labute approximate surface area is 113 Å². The zero-order chi connectivity index (χ0) is 13.5. The Hall–Kier alpha value is -1.14. The zero-order valence-corrected chi connectivity index (χ0v) is 11.6. The highest BCUT2D eigenvalue weighted by Gasteiger charge is 2.16. The first kappa shape index (κ1) is 14.9. The number of halogens is 2. The SMILES string of the molecule is CN(CCOCCBr)C(=O)c1ccc(O)cc1F. The van der Waals surface area contributed by atoms with Crippen LogP contribution in [-0.4, -0.2) is 48.0 Å². The summed E-state index contributed by atoms with van der Waals surface area (Å²) in [5.74, 6) is -1.37. The summed E-state index contributed by atoms with van der Waals surface area (Å²) in [7, 11) is 1.58. The fourth-order valence-corrected chi connectivity index (χ4v) is 1.57. The van der Waals surface area contributed by atoms with Crippen LogP contribution in [0.25, 0.3) is 0 Å². The lowest BCUT2D eigenvalue weighted by molar-refractivity contribution is 0.0708. The average molecular weight is 320 g/mol. The third kappa shape index (κ3) is 4.27. The molecule has 0 unspecified atom stereocenters. The van der Waals surface area contributed by atoms with Gasteiger partial charge in [0, 0.05) is 25.0 Å². The van der Waals surface area contributed by atoms with E-state index in [2.05, 4.69) is 15.9 Å². The molecular formula is C12H15BrFNO3. The maximum Gasteiger partial charge on any atom is 0.256 e. The number of hydrogen-bond acceptors (Lipinski definition) is 3. The number of rotatable bonds is 6. The standard InChI is InChI=1S/C12H15BrFNO3/c1-15(5-7-18-6-4-13)12(17)10-3-2-9(16)8-11(10)14/h2-3,8,16H,4-7H2,1H3. The Kier molecular flexibility index (Phi) is 6.07. The number of alkyl halides is 1. The fraction of sp³-hybridized carbons (Fsp3) is 0.417. The molecule has 0 radical (unpaired) electrons. The van der Waals surface area contributed by atoms with Crippen molar-refractivity contribution in [1.29, 1.82) is 0 Å². The number of carbonyl (C=O) groups is 1. The molecule has 1 aromatic rings. The Bertz CT molecular complexity index is 414. The van der Waals surface area contributed by atoms with Gasteiger partial charge in [0.15, 0.2) is 0 Å². The van der Waals surface area contributed by atoms with Crippen molar-refractivity contribution < 1.29 is 19.0 Å². The van der Waals surface area contributed by atoms with Crippen molar-refractivity contribution in [3.8, 4) is 5.75 Å². The van der Waals surface area contributed by atoms with Crippen molar-refractivity contribution in [1.82, 2.24) is 4.90 Å². The van der Waals surface area contributed by atoms with Gasteiger partial charge in [0.25, 0.3) is 5.91 Å². The molecule has 100 valence electrons. The smallest absolute Gasteiger partial charge is 0.256 e. The lowest BCUT2D eigenvalue weighted by Crippen LogP contribution is -2.30. The van der Waals surface area contributed by atoms with E-state index >= 15 is 0 Å². The van der Waals surface area contributed by atoms with Crippen LogP contribution in [0.1, 0.15) is 10.4 Å². The van der Waals surface area contributed by atoms with Crippen LogP contribution in [0.2, 0.25) is 0 Å². The monoisotopic (exact) mass is 319 g/mol. The maximum absolute atomic E-state index is 13.5. The highest BCUT2D eigenvalue weighted by molar-refractivity contribution is 9.09. The van der Waals surface area contributed by atoms with Gasteiger partial charge in [-0.25, -0.2) is 4.39 Å². The third-order valence-electron chi connectivity index (χ3n) is 2.32. The van der Waals surface area contributed by atoms with Crippen molar-refractivity contribution in [2.45, 2.75) is 0 Å². The fourth-order valence-electron chi connectivity index (χ4n) is 1.34. The van der Waals surface area contributed by atoms with Crippen LogP contribution in [0.3, 0.4) is 0 Å². The normalized spacial score (nSPS) is 10.4. The lowest BCUT2D eigenvalue weighted by Gasteiger charge is -2.17.